The van der Waals surface area contributed by atoms with Gasteiger partial charge in [0.2, 0.25) is 0 Å². The molecule has 31 heavy (non-hydrogen) atoms. The Morgan fingerprint density at radius 1 is 1.13 bits per heavy atom. The summed E-state index contributed by atoms with van der Waals surface area (Å²) in [7, 11) is 1.59. The lowest BCUT2D eigenvalue weighted by atomic mass is 9.85. The highest BCUT2D eigenvalue weighted by atomic mass is 35.5. The van der Waals surface area contributed by atoms with E-state index in [9.17, 15) is 14.7 Å². The van der Waals surface area contributed by atoms with E-state index in [1.54, 1.807) is 31.4 Å². The molecule has 5 nitrogen and oxygen atoms in total. The van der Waals surface area contributed by atoms with E-state index in [-0.39, 0.29) is 16.7 Å². The molecule has 2 aromatic carbocycles. The molecular weight excluding hydrogens is 414 g/mol. The van der Waals surface area contributed by atoms with Crippen molar-refractivity contribution < 1.29 is 19.4 Å². The number of amides is 1. The zero-order valence-corrected chi connectivity index (χ0v) is 19.1. The highest BCUT2D eigenvalue weighted by Gasteiger charge is 2.45. The molecule has 0 aliphatic carbocycles. The third kappa shape index (κ3) is 4.83. The monoisotopic (exact) mass is 441 g/mol. The first-order chi connectivity index (χ1) is 14.6. The zero-order chi connectivity index (χ0) is 22.8. The Bertz CT molecular complexity index is 1000. The average molecular weight is 442 g/mol. The number of halogens is 1. The quantitative estimate of drug-likeness (QED) is 0.293. The molecule has 0 aromatic heterocycles. The zero-order valence-electron chi connectivity index (χ0n) is 18.3. The molecule has 3 rings (SSSR count). The van der Waals surface area contributed by atoms with Crippen molar-refractivity contribution in [2.75, 3.05) is 20.3 Å². The topological polar surface area (TPSA) is 66.8 Å². The Morgan fingerprint density at radius 3 is 2.39 bits per heavy atom. The fourth-order valence-corrected chi connectivity index (χ4v) is 3.98. The van der Waals surface area contributed by atoms with Crippen molar-refractivity contribution in [2.45, 2.75) is 38.6 Å². The smallest absolute Gasteiger partial charge is 0.295 e. The van der Waals surface area contributed by atoms with Gasteiger partial charge in [0.15, 0.2) is 0 Å². The van der Waals surface area contributed by atoms with Gasteiger partial charge >= 0.3 is 0 Å². The number of hydrogen-bond acceptors (Lipinski definition) is 4. The first-order valence-corrected chi connectivity index (χ1v) is 10.7. The summed E-state index contributed by atoms with van der Waals surface area (Å²) in [6.45, 7) is 7.18. The maximum Gasteiger partial charge on any atom is 0.295 e. The normalized spacial score (nSPS) is 18.6. The number of Topliss-reactive ketones (excluding diaryl/α,β-unsaturated/α-hetero) is 1. The van der Waals surface area contributed by atoms with Gasteiger partial charge in [-0.2, -0.15) is 0 Å². The van der Waals surface area contributed by atoms with Crippen molar-refractivity contribution in [2.24, 2.45) is 0 Å². The van der Waals surface area contributed by atoms with Crippen LogP contribution in [0.15, 0.2) is 54.1 Å². The van der Waals surface area contributed by atoms with Gasteiger partial charge in [-0.1, -0.05) is 68.8 Å². The molecule has 2 aromatic rings. The molecule has 1 saturated heterocycles. The predicted octanol–water partition coefficient (Wildman–Crippen LogP) is 5.10. The number of carbonyl (C=O) groups excluding carboxylic acids is 2. The number of aliphatic hydroxyl groups is 1. The van der Waals surface area contributed by atoms with Crippen molar-refractivity contribution in [1.29, 1.82) is 0 Å². The number of likely N-dealkylation sites (tertiary alicyclic amines) is 1. The van der Waals surface area contributed by atoms with E-state index in [0.29, 0.717) is 30.2 Å². The largest absolute Gasteiger partial charge is 0.507 e. The molecule has 1 heterocycles. The van der Waals surface area contributed by atoms with Crippen LogP contribution >= 0.6 is 11.6 Å². The Labute approximate surface area is 188 Å². The van der Waals surface area contributed by atoms with Gasteiger partial charge in [0.25, 0.3) is 11.7 Å². The van der Waals surface area contributed by atoms with Gasteiger partial charge in [-0.25, -0.2) is 0 Å². The number of ketones is 1. The fourth-order valence-electron chi connectivity index (χ4n) is 3.79. The van der Waals surface area contributed by atoms with Crippen molar-refractivity contribution in [3.63, 3.8) is 0 Å². The highest BCUT2D eigenvalue weighted by molar-refractivity contribution is 6.46. The van der Waals surface area contributed by atoms with Crippen LogP contribution in [0, 0.1) is 0 Å². The van der Waals surface area contributed by atoms with E-state index in [0.717, 1.165) is 11.1 Å². The third-order valence-electron chi connectivity index (χ3n) is 5.48. The van der Waals surface area contributed by atoms with Gasteiger partial charge in [-0.05, 0) is 35.1 Å². The lowest BCUT2D eigenvalue weighted by Crippen LogP contribution is -2.31. The molecule has 6 heteroatoms. The number of ether oxygens (including phenoxy) is 1. The second-order valence-electron chi connectivity index (χ2n) is 8.72. The average Bonchev–Trinajstić information content (AvgIpc) is 2.98. The summed E-state index contributed by atoms with van der Waals surface area (Å²) >= 11 is 6.08. The van der Waals surface area contributed by atoms with Crippen LogP contribution in [0.5, 0.6) is 0 Å². The van der Waals surface area contributed by atoms with E-state index in [1.807, 2.05) is 24.3 Å². The molecule has 0 spiro atoms. The number of carbonyl (C=O) groups is 2. The fraction of sp³-hybridized carbons (Fsp3) is 0.360. The van der Waals surface area contributed by atoms with Gasteiger partial charge < -0.3 is 14.7 Å². The van der Waals surface area contributed by atoms with Gasteiger partial charge in [0, 0.05) is 30.8 Å². The molecule has 0 bridgehead atoms. The molecule has 1 aliphatic rings. The number of benzene rings is 2. The molecule has 1 atom stereocenters. The number of methoxy groups -OCH3 is 1. The molecule has 164 valence electrons. The van der Waals surface area contributed by atoms with Gasteiger partial charge in [0.1, 0.15) is 5.76 Å². The number of hydrogen-bond donors (Lipinski definition) is 1. The molecule has 1 fully saturated rings. The SMILES string of the molecule is COCCCN1C(=O)C(=O)/C(=C(\O)c2cccc(Cl)c2)C1c1ccc(C(C)(C)C)cc1. The Hall–Kier alpha value is -2.63. The van der Waals surface area contributed by atoms with Gasteiger partial charge in [-0.15, -0.1) is 0 Å². The minimum Gasteiger partial charge on any atom is -0.507 e. The molecule has 1 amide bonds. The van der Waals surface area contributed by atoms with Gasteiger partial charge in [-0.3, -0.25) is 9.59 Å². The predicted molar refractivity (Wildman–Crippen MR) is 122 cm³/mol. The van der Waals surface area contributed by atoms with E-state index in [1.165, 1.54) is 4.90 Å². The maximum absolute atomic E-state index is 13.0. The summed E-state index contributed by atoms with van der Waals surface area (Å²) in [4.78, 5) is 27.4. The van der Waals surface area contributed by atoms with E-state index in [2.05, 4.69) is 20.8 Å². The number of rotatable bonds is 6. The summed E-state index contributed by atoms with van der Waals surface area (Å²) in [5.41, 5.74) is 2.36. The minimum atomic E-state index is -0.695. The van der Waals surface area contributed by atoms with Crippen LogP contribution in [-0.2, 0) is 19.7 Å². The maximum atomic E-state index is 13.0. The second kappa shape index (κ2) is 9.25. The summed E-state index contributed by atoms with van der Waals surface area (Å²) in [5.74, 6) is -1.54. The minimum absolute atomic E-state index is 0.0282. The van der Waals surface area contributed by atoms with Crippen LogP contribution in [0.4, 0.5) is 0 Å². The molecule has 0 saturated carbocycles. The van der Waals surface area contributed by atoms with Crippen LogP contribution in [0.25, 0.3) is 5.76 Å². The van der Waals surface area contributed by atoms with E-state index < -0.39 is 17.7 Å². The van der Waals surface area contributed by atoms with Crippen molar-refractivity contribution >= 4 is 29.1 Å². The summed E-state index contributed by atoms with van der Waals surface area (Å²) in [6, 6.07) is 13.8. The standard InChI is InChI=1S/C25H28ClNO4/c1-25(2,3)18-11-9-16(10-12-18)21-20(22(28)17-7-5-8-19(26)15-17)23(29)24(30)27(21)13-6-14-31-4/h5,7-12,15,21,28H,6,13-14H2,1-4H3/b22-20-. The lowest BCUT2D eigenvalue weighted by molar-refractivity contribution is -0.140. The van der Waals surface area contributed by atoms with Crippen LogP contribution in [0.3, 0.4) is 0 Å². The van der Waals surface area contributed by atoms with E-state index >= 15 is 0 Å². The van der Waals surface area contributed by atoms with Crippen molar-refractivity contribution in [3.8, 4) is 0 Å². The van der Waals surface area contributed by atoms with Crippen LogP contribution < -0.4 is 0 Å². The molecule has 1 N–H and O–H groups in total. The highest BCUT2D eigenvalue weighted by Crippen LogP contribution is 2.40. The molecule has 1 unspecified atom stereocenters. The van der Waals surface area contributed by atoms with Crippen LogP contribution in [0.2, 0.25) is 5.02 Å². The Kier molecular flexibility index (Phi) is 6.87. The number of aliphatic hydroxyl groups excluding tert-OH is 1. The third-order valence-corrected chi connectivity index (χ3v) is 5.71. The van der Waals surface area contributed by atoms with E-state index in [4.69, 9.17) is 16.3 Å². The lowest BCUT2D eigenvalue weighted by Gasteiger charge is -2.26. The molecule has 1 aliphatic heterocycles. The van der Waals surface area contributed by atoms with Gasteiger partial charge in [0.05, 0.1) is 11.6 Å². The first kappa shape index (κ1) is 23.0. The Morgan fingerprint density at radius 2 is 1.81 bits per heavy atom. The number of nitrogens with zero attached hydrogens (tertiary/aromatic N) is 1. The van der Waals surface area contributed by atoms with Crippen LogP contribution in [0.1, 0.15) is 49.9 Å². The Balaban J connectivity index is 2.12. The van der Waals surface area contributed by atoms with Crippen LogP contribution in [-0.4, -0.2) is 42.0 Å². The van der Waals surface area contributed by atoms with Crippen molar-refractivity contribution in [1.82, 2.24) is 4.90 Å². The summed E-state index contributed by atoms with van der Waals surface area (Å²) < 4.78 is 5.12. The molecule has 0 radical (unpaired) electrons. The second-order valence-corrected chi connectivity index (χ2v) is 9.16. The van der Waals surface area contributed by atoms with Crippen molar-refractivity contribution in [3.05, 3.63) is 75.8 Å². The first-order valence-electron chi connectivity index (χ1n) is 10.3. The summed E-state index contributed by atoms with van der Waals surface area (Å²) in [5, 5.41) is 11.5. The summed E-state index contributed by atoms with van der Waals surface area (Å²) in [6.07, 6.45) is 0.581. The molecular formula is C25H28ClNO4.